The van der Waals surface area contributed by atoms with Crippen LogP contribution in [0.2, 0.25) is 0 Å². The highest BCUT2D eigenvalue weighted by Crippen LogP contribution is 2.28. The second kappa shape index (κ2) is 12.4. The van der Waals surface area contributed by atoms with Crippen LogP contribution < -0.4 is 10.6 Å². The zero-order valence-electron chi connectivity index (χ0n) is 17.6. The Labute approximate surface area is 195 Å². The van der Waals surface area contributed by atoms with Crippen LogP contribution in [0, 0.1) is 6.92 Å². The number of aliphatic imine (C=N–C) groups is 1. The van der Waals surface area contributed by atoms with Crippen LogP contribution in [-0.2, 0) is 20.1 Å². The molecule has 0 radical (unpaired) electrons. The average Bonchev–Trinajstić information content (AvgIpc) is 3.03. The molecule has 1 aromatic carbocycles. The number of hydrogen-bond donors (Lipinski definition) is 2. The first kappa shape index (κ1) is 24.0. The molecular weight excluding hydrogens is 495 g/mol. The number of nitrogens with zero attached hydrogens (tertiary/aromatic N) is 4. The van der Waals surface area contributed by atoms with E-state index in [4.69, 9.17) is 4.99 Å². The molecule has 29 heavy (non-hydrogen) atoms. The van der Waals surface area contributed by atoms with E-state index in [9.17, 15) is 0 Å². The summed E-state index contributed by atoms with van der Waals surface area (Å²) in [6, 6.07) is 10.8. The fourth-order valence-electron chi connectivity index (χ4n) is 3.53. The normalized spacial score (nSPS) is 19.5. The predicted octanol–water partition coefficient (Wildman–Crippen LogP) is 4.04. The lowest BCUT2D eigenvalue weighted by atomic mass is 9.95. The van der Waals surface area contributed by atoms with Crippen molar-refractivity contribution in [3.8, 4) is 0 Å². The first-order valence-corrected chi connectivity index (χ1v) is 11.3. The maximum atomic E-state index is 4.84. The van der Waals surface area contributed by atoms with Crippen LogP contribution in [-0.4, -0.2) is 37.8 Å². The fourth-order valence-corrected chi connectivity index (χ4v) is 4.70. The van der Waals surface area contributed by atoms with Crippen molar-refractivity contribution in [2.75, 3.05) is 5.75 Å². The molecule has 8 heteroatoms. The number of aryl methyl sites for hydroxylation is 1. The number of halogens is 1. The highest BCUT2D eigenvalue weighted by atomic mass is 127. The standard InChI is InChI=1S/C21H32N6S.HI/c1-4-28-19-12-8-11-18(13-19)24-21(22-14-17-9-6-5-7-10-17)23-15-20-26-25-16(2)27(20)3;/h5-7,9-10,18-19H,4,8,11-15H2,1-3H3,(H2,22,23,24);1H. The van der Waals surface area contributed by atoms with Gasteiger partial charge < -0.3 is 15.2 Å². The number of nitrogens with one attached hydrogen (secondary N) is 2. The lowest BCUT2D eigenvalue weighted by Crippen LogP contribution is -2.45. The zero-order valence-corrected chi connectivity index (χ0v) is 20.7. The topological polar surface area (TPSA) is 67.1 Å². The summed E-state index contributed by atoms with van der Waals surface area (Å²) >= 11 is 2.09. The molecule has 0 bridgehead atoms. The highest BCUT2D eigenvalue weighted by Gasteiger charge is 2.22. The largest absolute Gasteiger partial charge is 0.354 e. The number of guanidine groups is 1. The second-order valence-corrected chi connectivity index (χ2v) is 8.89. The van der Waals surface area contributed by atoms with E-state index in [2.05, 4.69) is 63.8 Å². The molecule has 1 fully saturated rings. The van der Waals surface area contributed by atoms with Crippen molar-refractivity contribution in [1.82, 2.24) is 25.4 Å². The summed E-state index contributed by atoms with van der Waals surface area (Å²) < 4.78 is 2.01. The minimum absolute atomic E-state index is 0. The summed E-state index contributed by atoms with van der Waals surface area (Å²) in [7, 11) is 1.99. The average molecular weight is 529 g/mol. The van der Waals surface area contributed by atoms with Crippen molar-refractivity contribution in [2.45, 2.75) is 63.9 Å². The van der Waals surface area contributed by atoms with Crippen LogP contribution in [0.15, 0.2) is 35.3 Å². The Balaban J connectivity index is 0.00000300. The molecule has 1 heterocycles. The summed E-state index contributed by atoms with van der Waals surface area (Å²) in [6.45, 7) is 5.48. The van der Waals surface area contributed by atoms with E-state index in [1.807, 2.05) is 24.6 Å². The lowest BCUT2D eigenvalue weighted by Gasteiger charge is -2.30. The molecule has 1 aliphatic rings. The minimum Gasteiger partial charge on any atom is -0.354 e. The van der Waals surface area contributed by atoms with Crippen LogP contribution in [0.4, 0.5) is 0 Å². The van der Waals surface area contributed by atoms with Crippen molar-refractivity contribution in [1.29, 1.82) is 0 Å². The third-order valence-electron chi connectivity index (χ3n) is 5.23. The van der Waals surface area contributed by atoms with Crippen molar-refractivity contribution < 1.29 is 0 Å². The molecular formula is C21H33IN6S. The monoisotopic (exact) mass is 528 g/mol. The fraction of sp³-hybridized carbons (Fsp3) is 0.571. The molecule has 2 atom stereocenters. The minimum atomic E-state index is 0. The molecule has 0 saturated heterocycles. The van der Waals surface area contributed by atoms with Gasteiger partial charge in [-0.2, -0.15) is 11.8 Å². The molecule has 3 rings (SSSR count). The summed E-state index contributed by atoms with van der Waals surface area (Å²) in [5, 5.41) is 16.3. The van der Waals surface area contributed by atoms with Crippen LogP contribution in [0.1, 0.15) is 49.8 Å². The van der Waals surface area contributed by atoms with E-state index >= 15 is 0 Å². The SMILES string of the molecule is CCSC1CCCC(NC(=NCc2ccccc2)NCc2nnc(C)n2C)C1.I. The van der Waals surface area contributed by atoms with Crippen LogP contribution >= 0.6 is 35.7 Å². The Bertz CT molecular complexity index is 762. The first-order chi connectivity index (χ1) is 13.7. The summed E-state index contributed by atoms with van der Waals surface area (Å²) in [6.07, 6.45) is 5.02. The lowest BCUT2D eigenvalue weighted by molar-refractivity contribution is 0.418. The van der Waals surface area contributed by atoms with E-state index in [0.29, 0.717) is 19.1 Å². The van der Waals surface area contributed by atoms with Crippen molar-refractivity contribution in [3.05, 3.63) is 47.5 Å². The third kappa shape index (κ3) is 7.47. The summed E-state index contributed by atoms with van der Waals surface area (Å²) in [4.78, 5) is 4.84. The molecule has 0 spiro atoms. The molecule has 160 valence electrons. The van der Waals surface area contributed by atoms with Gasteiger partial charge in [0.15, 0.2) is 11.8 Å². The Kier molecular flexibility index (Phi) is 10.3. The van der Waals surface area contributed by atoms with E-state index in [0.717, 1.165) is 22.9 Å². The van der Waals surface area contributed by atoms with E-state index in [1.165, 1.54) is 37.0 Å². The summed E-state index contributed by atoms with van der Waals surface area (Å²) in [5.41, 5.74) is 1.21. The molecule has 0 aliphatic heterocycles. The smallest absolute Gasteiger partial charge is 0.192 e. The predicted molar refractivity (Wildman–Crippen MR) is 133 cm³/mol. The quantitative estimate of drug-likeness (QED) is 0.323. The maximum Gasteiger partial charge on any atom is 0.192 e. The molecule has 1 aromatic heterocycles. The van der Waals surface area contributed by atoms with Crippen LogP contribution in [0.25, 0.3) is 0 Å². The van der Waals surface area contributed by atoms with Gasteiger partial charge in [-0.3, -0.25) is 0 Å². The van der Waals surface area contributed by atoms with Gasteiger partial charge in [0, 0.05) is 18.3 Å². The van der Waals surface area contributed by atoms with Gasteiger partial charge in [0.25, 0.3) is 0 Å². The molecule has 0 amide bonds. The molecule has 6 nitrogen and oxygen atoms in total. The highest BCUT2D eigenvalue weighted by molar-refractivity contribution is 14.0. The van der Waals surface area contributed by atoms with Gasteiger partial charge in [-0.05, 0) is 37.5 Å². The number of aromatic nitrogens is 3. The van der Waals surface area contributed by atoms with Crippen molar-refractivity contribution >= 4 is 41.7 Å². The van der Waals surface area contributed by atoms with Gasteiger partial charge >= 0.3 is 0 Å². The number of thioether (sulfide) groups is 1. The van der Waals surface area contributed by atoms with E-state index < -0.39 is 0 Å². The maximum absolute atomic E-state index is 4.84. The third-order valence-corrected chi connectivity index (χ3v) is 6.46. The van der Waals surface area contributed by atoms with Gasteiger partial charge in [-0.1, -0.05) is 43.7 Å². The Morgan fingerprint density at radius 2 is 2.03 bits per heavy atom. The van der Waals surface area contributed by atoms with Gasteiger partial charge in [-0.15, -0.1) is 34.2 Å². The van der Waals surface area contributed by atoms with Crippen LogP contribution in [0.5, 0.6) is 0 Å². The Hall–Kier alpha value is -1.29. The number of benzene rings is 1. The van der Waals surface area contributed by atoms with Crippen molar-refractivity contribution in [2.24, 2.45) is 12.0 Å². The summed E-state index contributed by atoms with van der Waals surface area (Å²) in [5.74, 6) is 3.88. The second-order valence-electron chi connectivity index (χ2n) is 7.31. The Morgan fingerprint density at radius 3 is 2.72 bits per heavy atom. The van der Waals surface area contributed by atoms with E-state index in [-0.39, 0.29) is 24.0 Å². The Morgan fingerprint density at radius 1 is 1.24 bits per heavy atom. The van der Waals surface area contributed by atoms with Crippen LogP contribution in [0.3, 0.4) is 0 Å². The van der Waals surface area contributed by atoms with Gasteiger partial charge in [0.1, 0.15) is 5.82 Å². The molecule has 1 saturated carbocycles. The zero-order chi connectivity index (χ0) is 19.8. The first-order valence-electron chi connectivity index (χ1n) is 10.2. The van der Waals surface area contributed by atoms with Crippen molar-refractivity contribution in [3.63, 3.8) is 0 Å². The van der Waals surface area contributed by atoms with Gasteiger partial charge in [0.05, 0.1) is 13.1 Å². The molecule has 2 unspecified atom stereocenters. The molecule has 1 aliphatic carbocycles. The molecule has 2 aromatic rings. The van der Waals surface area contributed by atoms with Gasteiger partial charge in [0.2, 0.25) is 0 Å². The van der Waals surface area contributed by atoms with Gasteiger partial charge in [-0.25, -0.2) is 4.99 Å². The van der Waals surface area contributed by atoms with E-state index in [1.54, 1.807) is 0 Å². The molecule has 2 N–H and O–H groups in total. The number of rotatable bonds is 7. The number of hydrogen-bond acceptors (Lipinski definition) is 4.